The lowest BCUT2D eigenvalue weighted by molar-refractivity contribution is 0.209. The Morgan fingerprint density at radius 2 is 2.20 bits per heavy atom. The fourth-order valence-electron chi connectivity index (χ4n) is 2.14. The van der Waals surface area contributed by atoms with E-state index in [1.807, 2.05) is 0 Å². The smallest absolute Gasteiger partial charge is 0.410 e. The van der Waals surface area contributed by atoms with E-state index in [0.29, 0.717) is 11.9 Å². The second-order valence-corrected chi connectivity index (χ2v) is 3.88. The molecule has 0 radical (unpaired) electrons. The van der Waals surface area contributed by atoms with Gasteiger partial charge in [0.1, 0.15) is 5.82 Å². The highest BCUT2D eigenvalue weighted by Crippen LogP contribution is 2.29. The maximum absolute atomic E-state index is 10.5. The fraction of sp³-hybridized carbons (Fsp3) is 0.600. The van der Waals surface area contributed by atoms with Crippen molar-refractivity contribution < 1.29 is 9.90 Å². The predicted octanol–water partition coefficient (Wildman–Crippen LogP) is 2.48. The molecule has 1 aliphatic carbocycles. The first-order chi connectivity index (χ1) is 7.27. The SMILES string of the molecule is O=C(O)Nc1ccnn1C1CCCCC1. The molecule has 1 aromatic rings. The summed E-state index contributed by atoms with van der Waals surface area (Å²) in [6.45, 7) is 0. The molecule has 0 bridgehead atoms. The quantitative estimate of drug-likeness (QED) is 0.786. The normalized spacial score (nSPS) is 17.6. The number of hydrogen-bond acceptors (Lipinski definition) is 2. The number of carboxylic acid groups (broad SMARTS) is 1. The van der Waals surface area contributed by atoms with Crippen LogP contribution in [-0.2, 0) is 0 Å². The third kappa shape index (κ3) is 2.29. The summed E-state index contributed by atoms with van der Waals surface area (Å²) in [5.41, 5.74) is 0. The van der Waals surface area contributed by atoms with Gasteiger partial charge in [-0.05, 0) is 12.8 Å². The van der Waals surface area contributed by atoms with Crippen LogP contribution in [0.1, 0.15) is 38.1 Å². The van der Waals surface area contributed by atoms with Crippen LogP contribution in [-0.4, -0.2) is 21.0 Å². The van der Waals surface area contributed by atoms with Gasteiger partial charge < -0.3 is 5.11 Å². The molecule has 2 N–H and O–H groups in total. The average Bonchev–Trinajstić information content (AvgIpc) is 2.66. The fourth-order valence-corrected chi connectivity index (χ4v) is 2.14. The standard InChI is InChI=1S/C10H15N3O2/c14-10(15)12-9-6-7-11-13(9)8-4-2-1-3-5-8/h6-8,12H,1-5H2,(H,14,15). The lowest BCUT2D eigenvalue weighted by atomic mass is 9.96. The molecule has 2 rings (SSSR count). The van der Waals surface area contributed by atoms with Gasteiger partial charge in [0.15, 0.2) is 0 Å². The molecule has 15 heavy (non-hydrogen) atoms. The first-order valence-electron chi connectivity index (χ1n) is 5.31. The molecule has 0 spiro atoms. The highest BCUT2D eigenvalue weighted by molar-refractivity contribution is 5.81. The van der Waals surface area contributed by atoms with Crippen molar-refractivity contribution in [1.29, 1.82) is 0 Å². The molecule has 1 aliphatic rings. The summed E-state index contributed by atoms with van der Waals surface area (Å²) in [4.78, 5) is 10.5. The number of nitrogens with one attached hydrogen (secondary N) is 1. The summed E-state index contributed by atoms with van der Waals surface area (Å²) in [6.07, 6.45) is 6.48. The number of rotatable bonds is 2. The van der Waals surface area contributed by atoms with Gasteiger partial charge >= 0.3 is 6.09 Å². The average molecular weight is 209 g/mol. The number of aromatic nitrogens is 2. The molecule has 1 fully saturated rings. The van der Waals surface area contributed by atoms with Gasteiger partial charge in [-0.25, -0.2) is 9.48 Å². The van der Waals surface area contributed by atoms with Gasteiger partial charge in [-0.15, -0.1) is 0 Å². The van der Waals surface area contributed by atoms with Gasteiger partial charge in [0.05, 0.1) is 12.2 Å². The van der Waals surface area contributed by atoms with Gasteiger partial charge in [0.25, 0.3) is 0 Å². The van der Waals surface area contributed by atoms with Gasteiger partial charge in [-0.1, -0.05) is 19.3 Å². The summed E-state index contributed by atoms with van der Waals surface area (Å²) < 4.78 is 1.80. The van der Waals surface area contributed by atoms with Crippen molar-refractivity contribution in [3.05, 3.63) is 12.3 Å². The van der Waals surface area contributed by atoms with Crippen molar-refractivity contribution in [3.8, 4) is 0 Å². The van der Waals surface area contributed by atoms with Crippen LogP contribution in [0.15, 0.2) is 12.3 Å². The Bertz CT molecular complexity index is 342. The minimum atomic E-state index is -1.03. The number of amides is 1. The minimum Gasteiger partial charge on any atom is -0.465 e. The molecule has 1 saturated carbocycles. The Hall–Kier alpha value is -1.52. The summed E-state index contributed by atoms with van der Waals surface area (Å²) in [6, 6.07) is 2.05. The van der Waals surface area contributed by atoms with Crippen LogP contribution in [0.25, 0.3) is 0 Å². The first kappa shape index (κ1) is 10.0. The van der Waals surface area contributed by atoms with Crippen molar-refractivity contribution in [3.63, 3.8) is 0 Å². The van der Waals surface area contributed by atoms with E-state index >= 15 is 0 Å². The molecular weight excluding hydrogens is 194 g/mol. The van der Waals surface area contributed by atoms with Gasteiger partial charge in [0, 0.05) is 6.07 Å². The van der Waals surface area contributed by atoms with Gasteiger partial charge in [-0.2, -0.15) is 5.10 Å². The molecule has 1 heterocycles. The van der Waals surface area contributed by atoms with E-state index in [2.05, 4.69) is 10.4 Å². The van der Waals surface area contributed by atoms with Crippen molar-refractivity contribution in [1.82, 2.24) is 9.78 Å². The zero-order chi connectivity index (χ0) is 10.7. The van der Waals surface area contributed by atoms with Crippen LogP contribution < -0.4 is 5.32 Å². The molecule has 1 aromatic heterocycles. The topological polar surface area (TPSA) is 67.2 Å². The number of anilines is 1. The third-order valence-electron chi connectivity index (χ3n) is 2.83. The molecule has 1 amide bonds. The van der Waals surface area contributed by atoms with Crippen molar-refractivity contribution >= 4 is 11.9 Å². The van der Waals surface area contributed by atoms with Crippen LogP contribution in [0.4, 0.5) is 10.6 Å². The summed E-state index contributed by atoms with van der Waals surface area (Å²) >= 11 is 0. The zero-order valence-corrected chi connectivity index (χ0v) is 8.52. The number of hydrogen-bond donors (Lipinski definition) is 2. The van der Waals surface area contributed by atoms with E-state index in [1.165, 1.54) is 19.3 Å². The molecule has 5 nitrogen and oxygen atoms in total. The zero-order valence-electron chi connectivity index (χ0n) is 8.52. The number of carbonyl (C=O) groups is 1. The van der Waals surface area contributed by atoms with E-state index in [1.54, 1.807) is 16.9 Å². The Labute approximate surface area is 88.1 Å². The van der Waals surface area contributed by atoms with Crippen molar-refractivity contribution in [2.45, 2.75) is 38.1 Å². The summed E-state index contributed by atoms with van der Waals surface area (Å²) in [5.74, 6) is 0.578. The van der Waals surface area contributed by atoms with E-state index in [-0.39, 0.29) is 0 Å². The molecule has 0 unspecified atom stereocenters. The molecule has 5 heteroatoms. The lowest BCUT2D eigenvalue weighted by Gasteiger charge is -2.23. The second kappa shape index (κ2) is 4.33. The van der Waals surface area contributed by atoms with Crippen LogP contribution >= 0.6 is 0 Å². The molecule has 82 valence electrons. The third-order valence-corrected chi connectivity index (χ3v) is 2.83. The Balaban J connectivity index is 2.12. The van der Waals surface area contributed by atoms with E-state index in [9.17, 15) is 4.79 Å². The molecule has 0 aliphatic heterocycles. The Kier molecular flexibility index (Phi) is 2.89. The maximum atomic E-state index is 10.5. The van der Waals surface area contributed by atoms with Crippen LogP contribution in [0, 0.1) is 0 Å². The van der Waals surface area contributed by atoms with E-state index in [0.717, 1.165) is 12.8 Å². The van der Waals surface area contributed by atoms with E-state index in [4.69, 9.17) is 5.11 Å². The molecule has 0 aromatic carbocycles. The first-order valence-corrected chi connectivity index (χ1v) is 5.31. The molecule has 0 saturated heterocycles. The minimum absolute atomic E-state index is 0.357. The van der Waals surface area contributed by atoms with Crippen LogP contribution in [0.2, 0.25) is 0 Å². The van der Waals surface area contributed by atoms with E-state index < -0.39 is 6.09 Å². The summed E-state index contributed by atoms with van der Waals surface area (Å²) in [7, 11) is 0. The highest BCUT2D eigenvalue weighted by Gasteiger charge is 2.18. The summed E-state index contributed by atoms with van der Waals surface area (Å²) in [5, 5.41) is 15.2. The molecule has 0 atom stereocenters. The monoisotopic (exact) mass is 209 g/mol. The number of nitrogens with zero attached hydrogens (tertiary/aromatic N) is 2. The van der Waals surface area contributed by atoms with Crippen molar-refractivity contribution in [2.24, 2.45) is 0 Å². The molecular formula is C10H15N3O2. The predicted molar refractivity (Wildman–Crippen MR) is 56.0 cm³/mol. The highest BCUT2D eigenvalue weighted by atomic mass is 16.4. The van der Waals surface area contributed by atoms with Crippen LogP contribution in [0.3, 0.4) is 0 Å². The van der Waals surface area contributed by atoms with Crippen molar-refractivity contribution in [2.75, 3.05) is 5.32 Å². The van der Waals surface area contributed by atoms with Gasteiger partial charge in [-0.3, -0.25) is 5.32 Å². The Morgan fingerprint density at radius 1 is 1.47 bits per heavy atom. The second-order valence-electron chi connectivity index (χ2n) is 3.88. The van der Waals surface area contributed by atoms with Gasteiger partial charge in [0.2, 0.25) is 0 Å². The largest absolute Gasteiger partial charge is 0.465 e. The Morgan fingerprint density at radius 3 is 2.87 bits per heavy atom. The lowest BCUT2D eigenvalue weighted by Crippen LogP contribution is -2.19. The maximum Gasteiger partial charge on any atom is 0.410 e. The van der Waals surface area contributed by atoms with Crippen LogP contribution in [0.5, 0.6) is 0 Å².